The van der Waals surface area contributed by atoms with Crippen LogP contribution in [0.2, 0.25) is 0 Å². The van der Waals surface area contributed by atoms with E-state index in [0.717, 1.165) is 0 Å². The first-order valence-electron chi connectivity index (χ1n) is 3.81. The number of carbonyl (C=O) groups excluding carboxylic acids is 1. The molecule has 0 radical (unpaired) electrons. The van der Waals surface area contributed by atoms with Crippen molar-refractivity contribution in [1.29, 1.82) is 0 Å². The minimum absolute atomic E-state index is 0.0518. The number of ether oxygens (including phenoxy) is 2. The highest BCUT2D eigenvalue weighted by Gasteiger charge is 2.24. The van der Waals surface area contributed by atoms with Crippen LogP contribution in [-0.4, -0.2) is 19.0 Å². The summed E-state index contributed by atoms with van der Waals surface area (Å²) in [5.74, 6) is 0.482. The van der Waals surface area contributed by atoms with Gasteiger partial charge in [-0.3, -0.25) is 4.79 Å². The summed E-state index contributed by atoms with van der Waals surface area (Å²) in [6.07, 6.45) is 0.689. The quantitative estimate of drug-likeness (QED) is 0.616. The minimum atomic E-state index is 0.0518. The lowest BCUT2D eigenvalue weighted by atomic mass is 10.2. The highest BCUT2D eigenvalue weighted by Crippen LogP contribution is 2.19. The van der Waals surface area contributed by atoms with E-state index in [4.69, 9.17) is 9.47 Å². The van der Waals surface area contributed by atoms with Crippen LogP contribution in [0, 0.1) is 0 Å². The van der Waals surface area contributed by atoms with Crippen LogP contribution in [0.25, 0.3) is 0 Å². The molecule has 1 rings (SSSR count). The summed E-state index contributed by atoms with van der Waals surface area (Å²) in [4.78, 5) is 11.0. The van der Waals surface area contributed by atoms with Gasteiger partial charge in [-0.15, -0.1) is 0 Å². The second-order valence-corrected chi connectivity index (χ2v) is 2.26. The third kappa shape index (κ3) is 1.53. The van der Waals surface area contributed by atoms with Crippen molar-refractivity contribution in [1.82, 2.24) is 0 Å². The number of hydrogen-bond acceptors (Lipinski definition) is 3. The number of hydrogen-bond donors (Lipinski definition) is 0. The van der Waals surface area contributed by atoms with Gasteiger partial charge in [0.15, 0.2) is 6.61 Å². The average molecular weight is 156 g/mol. The minimum Gasteiger partial charge on any atom is -0.465 e. The molecule has 0 bridgehead atoms. The number of carbonyl (C=O) groups is 1. The van der Waals surface area contributed by atoms with Gasteiger partial charge in [0.1, 0.15) is 0 Å². The summed E-state index contributed by atoms with van der Waals surface area (Å²) in [5.41, 5.74) is 0.687. The molecule has 11 heavy (non-hydrogen) atoms. The summed E-state index contributed by atoms with van der Waals surface area (Å²) in [7, 11) is 0. The molecule has 0 saturated carbocycles. The first-order valence-corrected chi connectivity index (χ1v) is 3.81. The molecule has 0 aromatic rings. The van der Waals surface area contributed by atoms with Crippen LogP contribution >= 0.6 is 0 Å². The molecule has 0 N–H and O–H groups in total. The normalized spacial score (nSPS) is 17.1. The molecule has 0 saturated heterocycles. The number of ketones is 1. The molecule has 0 aromatic carbocycles. The Labute approximate surface area is 66.0 Å². The molecule has 0 amide bonds. The SMILES string of the molecule is CCOC1=C(CC)C(=O)CO1. The van der Waals surface area contributed by atoms with Crippen LogP contribution in [-0.2, 0) is 14.3 Å². The first-order chi connectivity index (χ1) is 5.29. The van der Waals surface area contributed by atoms with E-state index < -0.39 is 0 Å². The lowest BCUT2D eigenvalue weighted by Crippen LogP contribution is -1.99. The standard InChI is InChI=1S/C8H12O3/c1-3-6-7(9)5-11-8(6)10-4-2/h3-5H2,1-2H3. The van der Waals surface area contributed by atoms with Crippen molar-refractivity contribution < 1.29 is 14.3 Å². The van der Waals surface area contributed by atoms with Crippen molar-refractivity contribution in [3.63, 3.8) is 0 Å². The van der Waals surface area contributed by atoms with Crippen molar-refractivity contribution in [2.24, 2.45) is 0 Å². The Balaban J connectivity index is 2.71. The molecule has 1 heterocycles. The predicted molar refractivity (Wildman–Crippen MR) is 39.9 cm³/mol. The Hall–Kier alpha value is -0.990. The van der Waals surface area contributed by atoms with Gasteiger partial charge in [0.25, 0.3) is 5.95 Å². The third-order valence-corrected chi connectivity index (χ3v) is 1.55. The van der Waals surface area contributed by atoms with Gasteiger partial charge in [-0.2, -0.15) is 0 Å². The monoisotopic (exact) mass is 156 g/mol. The molecular formula is C8H12O3. The molecular weight excluding hydrogens is 144 g/mol. The Bertz CT molecular complexity index is 194. The number of Topliss-reactive ketones (excluding diaryl/α,β-unsaturated/α-hetero) is 1. The van der Waals surface area contributed by atoms with Crippen molar-refractivity contribution in [2.75, 3.05) is 13.2 Å². The van der Waals surface area contributed by atoms with Crippen molar-refractivity contribution in [2.45, 2.75) is 20.3 Å². The molecule has 0 unspecified atom stereocenters. The van der Waals surface area contributed by atoms with E-state index in [9.17, 15) is 4.79 Å². The summed E-state index contributed by atoms with van der Waals surface area (Å²) < 4.78 is 10.1. The van der Waals surface area contributed by atoms with Crippen molar-refractivity contribution in [3.05, 3.63) is 11.5 Å². The summed E-state index contributed by atoms with van der Waals surface area (Å²) in [5, 5.41) is 0. The molecule has 0 aliphatic carbocycles. The van der Waals surface area contributed by atoms with Gasteiger partial charge < -0.3 is 9.47 Å². The van der Waals surface area contributed by atoms with E-state index in [2.05, 4.69) is 0 Å². The number of rotatable bonds is 3. The Morgan fingerprint density at radius 1 is 1.55 bits per heavy atom. The van der Waals surface area contributed by atoms with Gasteiger partial charge in [0.05, 0.1) is 12.2 Å². The Kier molecular flexibility index (Phi) is 2.52. The zero-order valence-corrected chi connectivity index (χ0v) is 6.85. The summed E-state index contributed by atoms with van der Waals surface area (Å²) >= 11 is 0. The van der Waals surface area contributed by atoms with Crippen LogP contribution in [0.5, 0.6) is 0 Å². The van der Waals surface area contributed by atoms with E-state index in [1.165, 1.54) is 0 Å². The van der Waals surface area contributed by atoms with Gasteiger partial charge in [-0.25, -0.2) is 0 Å². The maximum Gasteiger partial charge on any atom is 0.286 e. The average Bonchev–Trinajstić information content (AvgIpc) is 2.33. The molecule has 0 atom stereocenters. The van der Waals surface area contributed by atoms with Crippen molar-refractivity contribution >= 4 is 5.78 Å². The molecule has 3 nitrogen and oxygen atoms in total. The summed E-state index contributed by atoms with van der Waals surface area (Å²) in [6.45, 7) is 4.48. The lowest BCUT2D eigenvalue weighted by molar-refractivity contribution is -0.117. The largest absolute Gasteiger partial charge is 0.465 e. The zero-order chi connectivity index (χ0) is 8.27. The molecule has 62 valence electrons. The second-order valence-electron chi connectivity index (χ2n) is 2.26. The molecule has 1 aliphatic heterocycles. The van der Waals surface area contributed by atoms with Crippen LogP contribution in [0.1, 0.15) is 20.3 Å². The second kappa shape index (κ2) is 3.42. The van der Waals surface area contributed by atoms with E-state index in [-0.39, 0.29) is 12.4 Å². The predicted octanol–water partition coefficient (Wildman–Crippen LogP) is 1.24. The highest BCUT2D eigenvalue weighted by molar-refractivity contribution is 5.98. The molecule has 3 heteroatoms. The Morgan fingerprint density at radius 2 is 2.27 bits per heavy atom. The van der Waals surface area contributed by atoms with Crippen molar-refractivity contribution in [3.8, 4) is 0 Å². The van der Waals surface area contributed by atoms with Gasteiger partial charge in [-0.05, 0) is 13.3 Å². The first kappa shape index (κ1) is 8.11. The van der Waals surface area contributed by atoms with E-state index in [1.807, 2.05) is 13.8 Å². The smallest absolute Gasteiger partial charge is 0.286 e. The van der Waals surface area contributed by atoms with E-state index in [1.54, 1.807) is 0 Å². The van der Waals surface area contributed by atoms with Crippen LogP contribution in [0.4, 0.5) is 0 Å². The maximum absolute atomic E-state index is 11.0. The van der Waals surface area contributed by atoms with E-state index >= 15 is 0 Å². The fourth-order valence-electron chi connectivity index (χ4n) is 1.02. The van der Waals surface area contributed by atoms with Crippen LogP contribution in [0.15, 0.2) is 11.5 Å². The molecule has 0 fully saturated rings. The summed E-state index contributed by atoms with van der Waals surface area (Å²) in [6, 6.07) is 0. The Morgan fingerprint density at radius 3 is 2.82 bits per heavy atom. The highest BCUT2D eigenvalue weighted by atomic mass is 16.7. The zero-order valence-electron chi connectivity index (χ0n) is 6.85. The van der Waals surface area contributed by atoms with Gasteiger partial charge >= 0.3 is 0 Å². The third-order valence-electron chi connectivity index (χ3n) is 1.55. The van der Waals surface area contributed by atoms with Gasteiger partial charge in [0, 0.05) is 0 Å². The van der Waals surface area contributed by atoms with Gasteiger partial charge in [-0.1, -0.05) is 6.92 Å². The fourth-order valence-corrected chi connectivity index (χ4v) is 1.02. The topological polar surface area (TPSA) is 35.5 Å². The fraction of sp³-hybridized carbons (Fsp3) is 0.625. The molecule has 0 spiro atoms. The van der Waals surface area contributed by atoms with E-state index in [0.29, 0.717) is 24.5 Å². The van der Waals surface area contributed by atoms with Crippen LogP contribution < -0.4 is 0 Å². The molecule has 1 aliphatic rings. The van der Waals surface area contributed by atoms with Crippen LogP contribution in [0.3, 0.4) is 0 Å². The lowest BCUT2D eigenvalue weighted by Gasteiger charge is -2.03. The molecule has 0 aromatic heterocycles. The maximum atomic E-state index is 11.0. The van der Waals surface area contributed by atoms with Gasteiger partial charge in [0.2, 0.25) is 5.78 Å².